The summed E-state index contributed by atoms with van der Waals surface area (Å²) < 4.78 is 32.4. The van der Waals surface area contributed by atoms with Gasteiger partial charge >= 0.3 is 0 Å². The Labute approximate surface area is 167 Å². The van der Waals surface area contributed by atoms with Gasteiger partial charge < -0.3 is 14.3 Å². The van der Waals surface area contributed by atoms with Crippen LogP contribution in [0.3, 0.4) is 0 Å². The van der Waals surface area contributed by atoms with Gasteiger partial charge in [-0.05, 0) is 36.4 Å². The molecule has 3 aromatic heterocycles. The van der Waals surface area contributed by atoms with Gasteiger partial charge in [-0.3, -0.25) is 9.78 Å². The molecule has 0 aliphatic carbocycles. The third kappa shape index (κ3) is 3.42. The van der Waals surface area contributed by atoms with E-state index in [4.69, 9.17) is 4.74 Å². The van der Waals surface area contributed by atoms with Crippen LogP contribution in [0.4, 0.5) is 0 Å². The van der Waals surface area contributed by atoms with E-state index in [2.05, 4.69) is 9.97 Å². The standard InChI is InChI=1S/C21H19N3O4S/c1-3-29(26,27)15-4-5-19(28-14-6-9-22-10-7-14)17(12-15)18-13-23-20-16(18)8-11-24(2)21(20)25/h4-13,23H,3H2,1-2H3. The molecule has 0 bridgehead atoms. The quantitative estimate of drug-likeness (QED) is 0.544. The molecule has 1 N–H and O–H groups in total. The molecule has 0 amide bonds. The lowest BCUT2D eigenvalue weighted by atomic mass is 10.0. The Morgan fingerprint density at radius 3 is 2.59 bits per heavy atom. The molecule has 0 atom stereocenters. The highest BCUT2D eigenvalue weighted by atomic mass is 32.2. The number of nitrogens with zero attached hydrogens (tertiary/aromatic N) is 2. The van der Waals surface area contributed by atoms with Crippen LogP contribution in [0.2, 0.25) is 0 Å². The van der Waals surface area contributed by atoms with Gasteiger partial charge in [0.25, 0.3) is 5.56 Å². The van der Waals surface area contributed by atoms with E-state index < -0.39 is 9.84 Å². The second-order valence-corrected chi connectivity index (χ2v) is 8.85. The Morgan fingerprint density at radius 1 is 1.10 bits per heavy atom. The summed E-state index contributed by atoms with van der Waals surface area (Å²) in [7, 11) is -1.74. The topological polar surface area (TPSA) is 94.1 Å². The highest BCUT2D eigenvalue weighted by Gasteiger charge is 2.19. The van der Waals surface area contributed by atoms with Crippen LogP contribution in [0.15, 0.2) is 70.9 Å². The second kappa shape index (κ2) is 7.21. The first-order chi connectivity index (χ1) is 13.9. The highest BCUT2D eigenvalue weighted by molar-refractivity contribution is 7.91. The summed E-state index contributed by atoms with van der Waals surface area (Å²) in [5.74, 6) is 1.04. The molecule has 0 saturated carbocycles. The van der Waals surface area contributed by atoms with Crippen molar-refractivity contribution in [2.75, 3.05) is 5.75 Å². The molecule has 0 unspecified atom stereocenters. The molecule has 8 heteroatoms. The van der Waals surface area contributed by atoms with E-state index in [0.29, 0.717) is 33.5 Å². The molecule has 29 heavy (non-hydrogen) atoms. The van der Waals surface area contributed by atoms with E-state index in [-0.39, 0.29) is 16.2 Å². The minimum Gasteiger partial charge on any atom is -0.457 e. The van der Waals surface area contributed by atoms with Crippen molar-refractivity contribution < 1.29 is 13.2 Å². The van der Waals surface area contributed by atoms with Crippen molar-refractivity contribution in [2.24, 2.45) is 7.05 Å². The number of aryl methyl sites for hydroxylation is 1. The van der Waals surface area contributed by atoms with Gasteiger partial charge in [0.2, 0.25) is 0 Å². The number of pyridine rings is 2. The van der Waals surface area contributed by atoms with Crippen molar-refractivity contribution in [1.82, 2.24) is 14.5 Å². The number of aromatic amines is 1. The third-order valence-electron chi connectivity index (χ3n) is 4.78. The maximum atomic E-state index is 12.4. The van der Waals surface area contributed by atoms with Crippen LogP contribution in [0, 0.1) is 0 Å². The molecule has 7 nitrogen and oxygen atoms in total. The molecule has 0 aliphatic rings. The van der Waals surface area contributed by atoms with Crippen molar-refractivity contribution in [3.63, 3.8) is 0 Å². The van der Waals surface area contributed by atoms with Crippen LogP contribution in [0.5, 0.6) is 11.5 Å². The van der Waals surface area contributed by atoms with E-state index in [1.165, 1.54) is 10.6 Å². The molecule has 1 aromatic carbocycles. The lowest BCUT2D eigenvalue weighted by Gasteiger charge is -2.13. The minimum atomic E-state index is -3.41. The summed E-state index contributed by atoms with van der Waals surface area (Å²) in [6.07, 6.45) is 6.60. The van der Waals surface area contributed by atoms with Crippen LogP contribution in [-0.2, 0) is 16.9 Å². The molecule has 4 aromatic rings. The van der Waals surface area contributed by atoms with Crippen molar-refractivity contribution in [1.29, 1.82) is 0 Å². The lowest BCUT2D eigenvalue weighted by molar-refractivity contribution is 0.483. The van der Waals surface area contributed by atoms with Gasteiger partial charge in [0.05, 0.1) is 10.6 Å². The first-order valence-electron chi connectivity index (χ1n) is 9.02. The molecular weight excluding hydrogens is 390 g/mol. The number of aromatic nitrogens is 3. The fourth-order valence-corrected chi connectivity index (χ4v) is 4.05. The zero-order valence-electron chi connectivity index (χ0n) is 15.9. The smallest absolute Gasteiger partial charge is 0.274 e. The second-order valence-electron chi connectivity index (χ2n) is 6.57. The number of benzene rings is 1. The summed E-state index contributed by atoms with van der Waals surface area (Å²) in [4.78, 5) is 19.6. The van der Waals surface area contributed by atoms with E-state index >= 15 is 0 Å². The van der Waals surface area contributed by atoms with E-state index in [1.807, 2.05) is 6.07 Å². The van der Waals surface area contributed by atoms with Gasteiger partial charge in [-0.1, -0.05) is 6.92 Å². The number of ether oxygens (including phenoxy) is 1. The largest absolute Gasteiger partial charge is 0.457 e. The predicted octanol–water partition coefficient (Wildman–Crippen LogP) is 3.51. The van der Waals surface area contributed by atoms with E-state index in [0.717, 1.165) is 0 Å². The highest BCUT2D eigenvalue weighted by Crippen LogP contribution is 2.38. The Morgan fingerprint density at radius 2 is 1.86 bits per heavy atom. The number of sulfone groups is 1. The fraction of sp³-hybridized carbons (Fsp3) is 0.143. The number of fused-ring (bicyclic) bond motifs is 1. The normalized spacial score (nSPS) is 11.7. The molecule has 3 heterocycles. The lowest BCUT2D eigenvalue weighted by Crippen LogP contribution is -2.15. The van der Waals surface area contributed by atoms with Crippen molar-refractivity contribution in [3.05, 3.63) is 71.5 Å². The maximum Gasteiger partial charge on any atom is 0.274 e. The Kier molecular flexibility index (Phi) is 4.71. The summed E-state index contributed by atoms with van der Waals surface area (Å²) in [6.45, 7) is 1.60. The predicted molar refractivity (Wildman–Crippen MR) is 111 cm³/mol. The van der Waals surface area contributed by atoms with Gasteiger partial charge in [-0.15, -0.1) is 0 Å². The Balaban J connectivity index is 1.95. The fourth-order valence-electron chi connectivity index (χ4n) is 3.14. The number of nitrogens with one attached hydrogen (secondary N) is 1. The van der Waals surface area contributed by atoms with Crippen LogP contribution < -0.4 is 10.3 Å². The summed E-state index contributed by atoms with van der Waals surface area (Å²) in [5.41, 5.74) is 1.55. The summed E-state index contributed by atoms with van der Waals surface area (Å²) in [5, 5.41) is 0.693. The zero-order chi connectivity index (χ0) is 20.6. The first-order valence-corrected chi connectivity index (χ1v) is 10.7. The monoisotopic (exact) mass is 409 g/mol. The average molecular weight is 409 g/mol. The van der Waals surface area contributed by atoms with E-state index in [1.54, 1.807) is 63.0 Å². The Bertz CT molecular complexity index is 1360. The number of hydrogen-bond donors (Lipinski definition) is 1. The molecule has 148 valence electrons. The van der Waals surface area contributed by atoms with Crippen LogP contribution in [0.1, 0.15) is 6.92 Å². The Hall–Kier alpha value is -3.39. The first kappa shape index (κ1) is 18.9. The van der Waals surface area contributed by atoms with Crippen LogP contribution >= 0.6 is 0 Å². The molecular formula is C21H19N3O4S. The van der Waals surface area contributed by atoms with E-state index in [9.17, 15) is 13.2 Å². The van der Waals surface area contributed by atoms with Crippen molar-refractivity contribution in [3.8, 4) is 22.6 Å². The minimum absolute atomic E-state index is 0.00851. The molecule has 0 saturated heterocycles. The zero-order valence-corrected chi connectivity index (χ0v) is 16.7. The summed E-state index contributed by atoms with van der Waals surface area (Å²) in [6, 6.07) is 10.0. The third-order valence-corrected chi connectivity index (χ3v) is 6.51. The van der Waals surface area contributed by atoms with Gasteiger partial charge in [0.15, 0.2) is 9.84 Å². The molecule has 0 radical (unpaired) electrons. The van der Waals surface area contributed by atoms with Crippen molar-refractivity contribution in [2.45, 2.75) is 11.8 Å². The average Bonchev–Trinajstić information content (AvgIpc) is 3.16. The van der Waals surface area contributed by atoms with Crippen LogP contribution in [0.25, 0.3) is 22.0 Å². The molecule has 4 rings (SSSR count). The maximum absolute atomic E-state index is 12.4. The van der Waals surface area contributed by atoms with Gasteiger partial charge in [-0.2, -0.15) is 0 Å². The number of H-pyrrole nitrogens is 1. The van der Waals surface area contributed by atoms with Gasteiger partial charge in [0, 0.05) is 48.3 Å². The SMILES string of the molecule is CCS(=O)(=O)c1ccc(Oc2ccncc2)c(-c2c[nH]c3c(=O)n(C)ccc23)c1. The number of hydrogen-bond acceptors (Lipinski definition) is 5. The molecule has 0 aliphatic heterocycles. The van der Waals surface area contributed by atoms with Gasteiger partial charge in [0.1, 0.15) is 17.0 Å². The molecule has 0 fully saturated rings. The van der Waals surface area contributed by atoms with Gasteiger partial charge in [-0.25, -0.2) is 8.42 Å². The molecule has 0 spiro atoms. The summed E-state index contributed by atoms with van der Waals surface area (Å²) >= 11 is 0. The number of rotatable bonds is 5. The van der Waals surface area contributed by atoms with Crippen LogP contribution in [-0.4, -0.2) is 28.7 Å². The van der Waals surface area contributed by atoms with Crippen molar-refractivity contribution >= 4 is 20.7 Å².